The molecule has 0 unspecified atom stereocenters. The number of imide groups is 1. The van der Waals surface area contributed by atoms with Crippen molar-refractivity contribution in [3.63, 3.8) is 0 Å². The summed E-state index contributed by atoms with van der Waals surface area (Å²) in [6.45, 7) is 1.83. The summed E-state index contributed by atoms with van der Waals surface area (Å²) in [5.74, 6) is -1.49. The molecule has 3 aromatic rings. The van der Waals surface area contributed by atoms with Crippen LogP contribution in [-0.2, 0) is 16.1 Å². The van der Waals surface area contributed by atoms with Gasteiger partial charge in [-0.3, -0.25) is 24.6 Å². The molecule has 0 saturated heterocycles. The Morgan fingerprint density at radius 3 is 2.22 bits per heavy atom. The lowest BCUT2D eigenvalue weighted by molar-refractivity contribution is -0.384. The van der Waals surface area contributed by atoms with Crippen molar-refractivity contribution in [2.75, 3.05) is 5.32 Å². The maximum atomic E-state index is 13.3. The zero-order valence-electron chi connectivity index (χ0n) is 17.0. The number of hydrogen-bond donors (Lipinski definition) is 1. The molecule has 0 aromatic heterocycles. The Morgan fingerprint density at radius 1 is 0.938 bits per heavy atom. The van der Waals surface area contributed by atoms with Gasteiger partial charge in [-0.05, 0) is 53.9 Å². The summed E-state index contributed by atoms with van der Waals surface area (Å²) in [4.78, 5) is 38.1. The van der Waals surface area contributed by atoms with Gasteiger partial charge in [0.05, 0.1) is 17.0 Å². The van der Waals surface area contributed by atoms with Gasteiger partial charge in [-0.2, -0.15) is 0 Å². The SMILES string of the molecule is Cc1ccccc1NC1=C(c2ccc([N+](=O)[O-])cc2)C(=O)N(Cc2ccc(F)cc2)C1=O. The van der Waals surface area contributed by atoms with E-state index in [1.165, 1.54) is 48.5 Å². The maximum absolute atomic E-state index is 13.3. The molecule has 32 heavy (non-hydrogen) atoms. The molecule has 160 valence electrons. The minimum atomic E-state index is -0.538. The molecule has 0 bridgehead atoms. The van der Waals surface area contributed by atoms with Gasteiger partial charge in [0.15, 0.2) is 0 Å². The number of hydrogen-bond acceptors (Lipinski definition) is 5. The fourth-order valence-corrected chi connectivity index (χ4v) is 3.47. The highest BCUT2D eigenvalue weighted by molar-refractivity contribution is 6.36. The molecule has 1 aliphatic rings. The Morgan fingerprint density at radius 2 is 1.59 bits per heavy atom. The van der Waals surface area contributed by atoms with Crippen LogP contribution in [0.3, 0.4) is 0 Å². The number of anilines is 1. The lowest BCUT2D eigenvalue weighted by Crippen LogP contribution is -2.32. The van der Waals surface area contributed by atoms with Gasteiger partial charge in [-0.15, -0.1) is 0 Å². The van der Waals surface area contributed by atoms with Crippen molar-refractivity contribution in [3.05, 3.63) is 111 Å². The van der Waals surface area contributed by atoms with Crippen molar-refractivity contribution in [1.29, 1.82) is 0 Å². The van der Waals surface area contributed by atoms with Gasteiger partial charge in [-0.25, -0.2) is 4.39 Å². The zero-order valence-corrected chi connectivity index (χ0v) is 17.0. The third kappa shape index (κ3) is 3.98. The molecule has 7 nitrogen and oxygen atoms in total. The summed E-state index contributed by atoms with van der Waals surface area (Å²) in [7, 11) is 0. The molecule has 2 amide bonds. The minimum absolute atomic E-state index is 0.0343. The first kappa shape index (κ1) is 20.9. The molecule has 0 spiro atoms. The van der Waals surface area contributed by atoms with E-state index in [2.05, 4.69) is 5.32 Å². The number of carbonyl (C=O) groups is 2. The van der Waals surface area contributed by atoms with E-state index in [0.717, 1.165) is 10.5 Å². The largest absolute Gasteiger partial charge is 0.350 e. The summed E-state index contributed by atoms with van der Waals surface area (Å²) >= 11 is 0. The highest BCUT2D eigenvalue weighted by Crippen LogP contribution is 2.33. The monoisotopic (exact) mass is 431 g/mol. The van der Waals surface area contributed by atoms with Crippen LogP contribution in [0.25, 0.3) is 5.57 Å². The lowest BCUT2D eigenvalue weighted by atomic mass is 10.0. The Kier molecular flexibility index (Phi) is 5.51. The van der Waals surface area contributed by atoms with Crippen LogP contribution in [0.4, 0.5) is 15.8 Å². The van der Waals surface area contributed by atoms with Gasteiger partial charge in [-0.1, -0.05) is 30.3 Å². The molecule has 3 aromatic carbocycles. The summed E-state index contributed by atoms with van der Waals surface area (Å²) in [6, 6.07) is 18.3. The number of rotatable bonds is 6. The molecule has 4 rings (SSSR count). The Bertz CT molecular complexity index is 1250. The van der Waals surface area contributed by atoms with Crippen LogP contribution in [0, 0.1) is 22.9 Å². The zero-order chi connectivity index (χ0) is 22.8. The van der Waals surface area contributed by atoms with Crippen LogP contribution in [-0.4, -0.2) is 21.6 Å². The predicted octanol–water partition coefficient (Wildman–Crippen LogP) is 4.43. The van der Waals surface area contributed by atoms with Crippen molar-refractivity contribution in [1.82, 2.24) is 4.90 Å². The summed E-state index contributed by atoms with van der Waals surface area (Å²) in [6.07, 6.45) is 0. The number of halogens is 1. The van der Waals surface area contributed by atoms with Crippen molar-refractivity contribution >= 4 is 28.8 Å². The standard InChI is InChI=1S/C24H18FN3O4/c1-15-4-2-3-5-20(15)26-22-21(17-8-12-19(13-9-17)28(31)32)23(29)27(24(22)30)14-16-6-10-18(25)11-7-16/h2-13,26H,14H2,1H3. The highest BCUT2D eigenvalue weighted by atomic mass is 19.1. The quantitative estimate of drug-likeness (QED) is 0.354. The van der Waals surface area contributed by atoms with Crippen LogP contribution in [0.1, 0.15) is 16.7 Å². The molecule has 1 heterocycles. The molecule has 1 N–H and O–H groups in total. The molecule has 0 aliphatic carbocycles. The second-order valence-corrected chi connectivity index (χ2v) is 7.32. The molecule has 1 aliphatic heterocycles. The van der Waals surface area contributed by atoms with Gasteiger partial charge in [0, 0.05) is 17.8 Å². The van der Waals surface area contributed by atoms with Crippen LogP contribution in [0.15, 0.2) is 78.5 Å². The number of nitrogens with one attached hydrogen (secondary N) is 1. The first-order valence-electron chi connectivity index (χ1n) is 9.77. The van der Waals surface area contributed by atoms with Gasteiger partial charge in [0.1, 0.15) is 11.5 Å². The van der Waals surface area contributed by atoms with Gasteiger partial charge in [0.25, 0.3) is 17.5 Å². The van der Waals surface area contributed by atoms with Crippen molar-refractivity contribution in [3.8, 4) is 0 Å². The average molecular weight is 431 g/mol. The fraction of sp³-hybridized carbons (Fsp3) is 0.0833. The van der Waals surface area contributed by atoms with E-state index in [9.17, 15) is 24.1 Å². The third-order valence-corrected chi connectivity index (χ3v) is 5.19. The first-order valence-corrected chi connectivity index (χ1v) is 9.77. The molecule has 0 fully saturated rings. The van der Waals surface area contributed by atoms with E-state index in [-0.39, 0.29) is 23.5 Å². The summed E-state index contributed by atoms with van der Waals surface area (Å²) < 4.78 is 13.3. The molecular formula is C24H18FN3O4. The fourth-order valence-electron chi connectivity index (χ4n) is 3.47. The Hall–Kier alpha value is -4.33. The number of benzene rings is 3. The van der Waals surface area contributed by atoms with Crippen LogP contribution < -0.4 is 5.32 Å². The van der Waals surface area contributed by atoms with E-state index in [4.69, 9.17) is 0 Å². The Labute approximate surface area is 182 Å². The van der Waals surface area contributed by atoms with Crippen LogP contribution in [0.5, 0.6) is 0 Å². The maximum Gasteiger partial charge on any atom is 0.278 e. The normalized spacial score (nSPS) is 13.6. The molecule has 8 heteroatoms. The highest BCUT2D eigenvalue weighted by Gasteiger charge is 2.39. The molecular weight excluding hydrogens is 413 g/mol. The van der Waals surface area contributed by atoms with E-state index >= 15 is 0 Å². The van der Waals surface area contributed by atoms with Crippen molar-refractivity contribution < 1.29 is 18.9 Å². The van der Waals surface area contributed by atoms with E-state index in [0.29, 0.717) is 16.8 Å². The second-order valence-electron chi connectivity index (χ2n) is 7.32. The van der Waals surface area contributed by atoms with Crippen molar-refractivity contribution in [2.24, 2.45) is 0 Å². The van der Waals surface area contributed by atoms with Crippen LogP contribution >= 0.6 is 0 Å². The minimum Gasteiger partial charge on any atom is -0.350 e. The molecule has 0 atom stereocenters. The number of nitro benzene ring substituents is 1. The number of nitro groups is 1. The van der Waals surface area contributed by atoms with Crippen LogP contribution in [0.2, 0.25) is 0 Å². The third-order valence-electron chi connectivity index (χ3n) is 5.19. The number of non-ortho nitro benzene ring substituents is 1. The smallest absolute Gasteiger partial charge is 0.278 e. The number of nitrogens with zero attached hydrogens (tertiary/aromatic N) is 2. The summed E-state index contributed by atoms with van der Waals surface area (Å²) in [5, 5.41) is 14.1. The lowest BCUT2D eigenvalue weighted by Gasteiger charge is -2.16. The molecule has 0 radical (unpaired) electrons. The first-order chi connectivity index (χ1) is 15.3. The number of aryl methyl sites for hydroxylation is 1. The van der Waals surface area contributed by atoms with E-state index in [1.807, 2.05) is 19.1 Å². The van der Waals surface area contributed by atoms with Gasteiger partial charge >= 0.3 is 0 Å². The topological polar surface area (TPSA) is 92.6 Å². The predicted molar refractivity (Wildman–Crippen MR) is 117 cm³/mol. The van der Waals surface area contributed by atoms with Gasteiger partial charge < -0.3 is 5.32 Å². The number of carbonyl (C=O) groups excluding carboxylic acids is 2. The average Bonchev–Trinajstić information content (AvgIpc) is 3.01. The number of para-hydroxylation sites is 1. The summed E-state index contributed by atoms with van der Waals surface area (Å²) in [5.41, 5.74) is 2.59. The molecule has 0 saturated carbocycles. The Balaban J connectivity index is 1.75. The van der Waals surface area contributed by atoms with E-state index < -0.39 is 22.6 Å². The second kappa shape index (κ2) is 8.43. The van der Waals surface area contributed by atoms with E-state index in [1.54, 1.807) is 12.1 Å². The van der Waals surface area contributed by atoms with Gasteiger partial charge in [0.2, 0.25) is 0 Å². The number of amides is 2. The van der Waals surface area contributed by atoms with Crippen molar-refractivity contribution in [2.45, 2.75) is 13.5 Å².